The van der Waals surface area contributed by atoms with E-state index in [4.69, 9.17) is 0 Å². The second-order valence-electron chi connectivity index (χ2n) is 5.36. The van der Waals surface area contributed by atoms with E-state index >= 15 is 0 Å². The SMILES string of the molecule is COC(=O)CN(Cc1ccccc1)S(=O)(=O)c1ccc(C(F)(F)F)cc1. The first kappa shape index (κ1) is 19.9. The monoisotopic (exact) mass is 387 g/mol. The summed E-state index contributed by atoms with van der Waals surface area (Å²) in [6.07, 6.45) is -4.57. The van der Waals surface area contributed by atoms with Crippen molar-refractivity contribution in [2.24, 2.45) is 0 Å². The van der Waals surface area contributed by atoms with Crippen LogP contribution in [0, 0.1) is 0 Å². The summed E-state index contributed by atoms with van der Waals surface area (Å²) < 4.78 is 68.9. The number of nitrogens with zero attached hydrogens (tertiary/aromatic N) is 1. The number of hydrogen-bond donors (Lipinski definition) is 0. The van der Waals surface area contributed by atoms with E-state index in [0.717, 1.165) is 23.5 Å². The summed E-state index contributed by atoms with van der Waals surface area (Å²) in [6.45, 7) is -0.686. The fourth-order valence-electron chi connectivity index (χ4n) is 2.19. The topological polar surface area (TPSA) is 63.7 Å². The molecule has 26 heavy (non-hydrogen) atoms. The zero-order valence-electron chi connectivity index (χ0n) is 13.7. The highest BCUT2D eigenvalue weighted by Gasteiger charge is 2.32. The Hall–Kier alpha value is -2.39. The van der Waals surface area contributed by atoms with Gasteiger partial charge in [0.2, 0.25) is 10.0 Å². The molecule has 2 rings (SSSR count). The van der Waals surface area contributed by atoms with Gasteiger partial charge in [-0.25, -0.2) is 8.42 Å². The third-order valence-corrected chi connectivity index (χ3v) is 5.36. The lowest BCUT2D eigenvalue weighted by atomic mass is 10.2. The molecule has 0 saturated heterocycles. The molecule has 0 N–H and O–H groups in total. The molecule has 140 valence electrons. The van der Waals surface area contributed by atoms with Gasteiger partial charge in [0.1, 0.15) is 6.54 Å². The molecule has 0 spiro atoms. The number of halogens is 3. The minimum Gasteiger partial charge on any atom is -0.468 e. The maximum Gasteiger partial charge on any atom is 0.416 e. The Morgan fingerprint density at radius 2 is 1.62 bits per heavy atom. The number of esters is 1. The van der Waals surface area contributed by atoms with Crippen LogP contribution in [0.2, 0.25) is 0 Å². The van der Waals surface area contributed by atoms with Gasteiger partial charge in [0.15, 0.2) is 0 Å². The van der Waals surface area contributed by atoms with Gasteiger partial charge in [0.05, 0.1) is 17.6 Å². The number of methoxy groups -OCH3 is 1. The van der Waals surface area contributed by atoms with E-state index in [1.54, 1.807) is 30.3 Å². The summed E-state index contributed by atoms with van der Waals surface area (Å²) >= 11 is 0. The predicted molar refractivity (Wildman–Crippen MR) is 87.5 cm³/mol. The number of hydrogen-bond acceptors (Lipinski definition) is 4. The summed E-state index contributed by atoms with van der Waals surface area (Å²) in [6, 6.07) is 11.6. The minimum absolute atomic E-state index is 0.126. The zero-order valence-corrected chi connectivity index (χ0v) is 14.5. The average molecular weight is 387 g/mol. The van der Waals surface area contributed by atoms with Gasteiger partial charge in [0.25, 0.3) is 0 Å². The van der Waals surface area contributed by atoms with Crippen LogP contribution >= 0.6 is 0 Å². The van der Waals surface area contributed by atoms with Crippen LogP contribution in [0.15, 0.2) is 59.5 Å². The second kappa shape index (κ2) is 7.88. The van der Waals surface area contributed by atoms with E-state index in [9.17, 15) is 26.4 Å². The van der Waals surface area contributed by atoms with E-state index in [-0.39, 0.29) is 11.4 Å². The largest absolute Gasteiger partial charge is 0.468 e. The Balaban J connectivity index is 2.36. The summed E-state index contributed by atoms with van der Waals surface area (Å²) in [5.74, 6) is -0.781. The van der Waals surface area contributed by atoms with Crippen LogP contribution in [0.3, 0.4) is 0 Å². The smallest absolute Gasteiger partial charge is 0.416 e. The van der Waals surface area contributed by atoms with E-state index in [0.29, 0.717) is 17.7 Å². The molecule has 0 bridgehead atoms. The molecule has 0 aliphatic rings. The van der Waals surface area contributed by atoms with Crippen LogP contribution in [0.1, 0.15) is 11.1 Å². The van der Waals surface area contributed by atoms with Crippen molar-refractivity contribution in [2.75, 3.05) is 13.7 Å². The number of benzene rings is 2. The Labute approximate surface area is 149 Å². The Kier molecular flexibility index (Phi) is 6.04. The number of sulfonamides is 1. The minimum atomic E-state index is -4.57. The number of carbonyl (C=O) groups is 1. The molecule has 2 aromatic carbocycles. The normalized spacial score (nSPS) is 12.2. The summed E-state index contributed by atoms with van der Waals surface area (Å²) in [5, 5.41) is 0. The summed E-state index contributed by atoms with van der Waals surface area (Å²) in [7, 11) is -3.08. The first-order chi connectivity index (χ1) is 12.1. The number of ether oxygens (including phenoxy) is 1. The van der Waals surface area contributed by atoms with Gasteiger partial charge in [-0.15, -0.1) is 0 Å². The quantitative estimate of drug-likeness (QED) is 0.715. The maximum absolute atomic E-state index is 12.8. The molecule has 0 unspecified atom stereocenters. The molecule has 0 heterocycles. The van der Waals surface area contributed by atoms with Crippen LogP contribution in [-0.2, 0) is 32.3 Å². The van der Waals surface area contributed by atoms with Crippen LogP contribution in [0.5, 0.6) is 0 Å². The Morgan fingerprint density at radius 1 is 1.04 bits per heavy atom. The van der Waals surface area contributed by atoms with E-state index in [2.05, 4.69) is 4.74 Å². The number of alkyl halides is 3. The zero-order chi connectivity index (χ0) is 19.4. The highest BCUT2D eigenvalue weighted by atomic mass is 32.2. The van der Waals surface area contributed by atoms with Crippen LogP contribution in [0.25, 0.3) is 0 Å². The van der Waals surface area contributed by atoms with Crippen molar-refractivity contribution in [3.63, 3.8) is 0 Å². The number of carbonyl (C=O) groups excluding carboxylic acids is 1. The molecule has 0 fully saturated rings. The molecule has 0 aliphatic carbocycles. The highest BCUT2D eigenvalue weighted by molar-refractivity contribution is 7.89. The molecular formula is C17H16F3NO4S. The van der Waals surface area contributed by atoms with Crippen molar-refractivity contribution in [3.05, 3.63) is 65.7 Å². The highest BCUT2D eigenvalue weighted by Crippen LogP contribution is 2.30. The van der Waals surface area contributed by atoms with E-state index in [1.807, 2.05) is 0 Å². The molecule has 0 aromatic heterocycles. The van der Waals surface area contributed by atoms with Crippen LogP contribution in [-0.4, -0.2) is 32.3 Å². The lowest BCUT2D eigenvalue weighted by Crippen LogP contribution is -2.35. The van der Waals surface area contributed by atoms with Crippen molar-refractivity contribution in [2.45, 2.75) is 17.6 Å². The first-order valence-electron chi connectivity index (χ1n) is 7.43. The van der Waals surface area contributed by atoms with Gasteiger partial charge in [-0.3, -0.25) is 4.79 Å². The van der Waals surface area contributed by atoms with Gasteiger partial charge >= 0.3 is 12.1 Å². The van der Waals surface area contributed by atoms with E-state index in [1.165, 1.54) is 0 Å². The predicted octanol–water partition coefficient (Wildman–Crippen LogP) is 3.07. The molecule has 0 amide bonds. The van der Waals surface area contributed by atoms with Gasteiger partial charge in [-0.05, 0) is 29.8 Å². The van der Waals surface area contributed by atoms with Crippen LogP contribution in [0.4, 0.5) is 13.2 Å². The molecule has 5 nitrogen and oxygen atoms in total. The molecule has 9 heteroatoms. The van der Waals surface area contributed by atoms with Gasteiger partial charge in [0, 0.05) is 6.54 Å². The van der Waals surface area contributed by atoms with Gasteiger partial charge in [-0.2, -0.15) is 17.5 Å². The molecule has 0 saturated carbocycles. The third-order valence-electron chi connectivity index (χ3n) is 3.55. The van der Waals surface area contributed by atoms with Crippen molar-refractivity contribution in [1.82, 2.24) is 4.31 Å². The summed E-state index contributed by atoms with van der Waals surface area (Å²) in [4.78, 5) is 11.3. The van der Waals surface area contributed by atoms with Crippen molar-refractivity contribution < 1.29 is 31.1 Å². The van der Waals surface area contributed by atoms with E-state index < -0.39 is 34.3 Å². The molecule has 2 aromatic rings. The third kappa shape index (κ3) is 4.83. The molecule has 0 radical (unpaired) electrons. The first-order valence-corrected chi connectivity index (χ1v) is 8.87. The Morgan fingerprint density at radius 3 is 2.12 bits per heavy atom. The summed E-state index contributed by atoms with van der Waals surface area (Å²) in [5.41, 5.74) is -0.342. The van der Waals surface area contributed by atoms with Crippen molar-refractivity contribution >= 4 is 16.0 Å². The average Bonchev–Trinajstić information content (AvgIpc) is 2.61. The fraction of sp³-hybridized carbons (Fsp3) is 0.235. The van der Waals surface area contributed by atoms with Gasteiger partial charge < -0.3 is 4.74 Å². The Bertz CT molecular complexity index is 850. The van der Waals surface area contributed by atoms with Crippen molar-refractivity contribution in [1.29, 1.82) is 0 Å². The lowest BCUT2D eigenvalue weighted by Gasteiger charge is -2.21. The molecule has 0 aliphatic heterocycles. The lowest BCUT2D eigenvalue weighted by molar-refractivity contribution is -0.141. The van der Waals surface area contributed by atoms with Gasteiger partial charge in [-0.1, -0.05) is 30.3 Å². The standard InChI is InChI=1S/C17H16F3NO4S/c1-25-16(22)12-21(11-13-5-3-2-4-6-13)26(23,24)15-9-7-14(8-10-15)17(18,19)20/h2-10H,11-12H2,1H3. The van der Waals surface area contributed by atoms with Crippen LogP contribution < -0.4 is 0 Å². The molecule has 0 atom stereocenters. The van der Waals surface area contributed by atoms with Crippen molar-refractivity contribution in [3.8, 4) is 0 Å². The second-order valence-corrected chi connectivity index (χ2v) is 7.29. The fourth-order valence-corrected chi connectivity index (χ4v) is 3.56. The maximum atomic E-state index is 12.8. The number of rotatable bonds is 6. The molecular weight excluding hydrogens is 371 g/mol.